The summed E-state index contributed by atoms with van der Waals surface area (Å²) in [5, 5.41) is 20.9. The lowest BCUT2D eigenvalue weighted by molar-refractivity contribution is -0.117. The molecule has 1 aliphatic heterocycles. The van der Waals surface area contributed by atoms with Crippen LogP contribution in [0.1, 0.15) is 26.2 Å². The fourth-order valence-electron chi connectivity index (χ4n) is 2.40. The molecule has 1 aliphatic rings. The first-order valence-electron chi connectivity index (χ1n) is 8.76. The topological polar surface area (TPSA) is 88.8 Å². The van der Waals surface area contributed by atoms with Crippen molar-refractivity contribution < 1.29 is 14.6 Å². The van der Waals surface area contributed by atoms with E-state index in [-0.39, 0.29) is 18.1 Å². The predicted molar refractivity (Wildman–Crippen MR) is 92.1 cm³/mol. The number of amides is 1. The van der Waals surface area contributed by atoms with Crippen LogP contribution in [0, 0.1) is 11.3 Å². The largest absolute Gasteiger partial charge is 0.395 e. The van der Waals surface area contributed by atoms with Gasteiger partial charge in [0.1, 0.15) is 11.6 Å². The van der Waals surface area contributed by atoms with Crippen LogP contribution in [0.4, 0.5) is 0 Å². The zero-order valence-electron chi connectivity index (χ0n) is 14.7. The quantitative estimate of drug-likeness (QED) is 0.321. The van der Waals surface area contributed by atoms with Crippen LogP contribution in [0.2, 0.25) is 0 Å². The van der Waals surface area contributed by atoms with Gasteiger partial charge in [-0.3, -0.25) is 9.69 Å². The Kier molecular flexibility index (Phi) is 10.9. The van der Waals surface area contributed by atoms with Gasteiger partial charge in [0.25, 0.3) is 5.91 Å². The fourth-order valence-corrected chi connectivity index (χ4v) is 2.40. The highest BCUT2D eigenvalue weighted by Crippen LogP contribution is 2.05. The first-order chi connectivity index (χ1) is 11.7. The number of piperazine rings is 1. The number of hydrogen-bond donors (Lipinski definition) is 2. The van der Waals surface area contributed by atoms with Crippen LogP contribution in [-0.4, -0.2) is 79.9 Å². The number of hydrogen-bond acceptors (Lipinski definition) is 6. The summed E-state index contributed by atoms with van der Waals surface area (Å²) in [5.41, 5.74) is 0.137. The average molecular weight is 338 g/mol. The minimum Gasteiger partial charge on any atom is -0.395 e. The predicted octanol–water partition coefficient (Wildman–Crippen LogP) is 0.327. The van der Waals surface area contributed by atoms with Gasteiger partial charge < -0.3 is 20.1 Å². The molecule has 1 amide bonds. The molecule has 0 aromatic rings. The van der Waals surface area contributed by atoms with E-state index in [1.54, 1.807) is 6.20 Å². The minimum atomic E-state index is -0.330. The number of carbonyl (C=O) groups is 1. The number of carbonyl (C=O) groups excluding carboxylic acids is 1. The summed E-state index contributed by atoms with van der Waals surface area (Å²) in [6.07, 6.45) is 4.55. The van der Waals surface area contributed by atoms with E-state index in [9.17, 15) is 10.1 Å². The molecular weight excluding hydrogens is 308 g/mol. The lowest BCUT2D eigenvalue weighted by atomic mass is 10.2. The lowest BCUT2D eigenvalue weighted by Gasteiger charge is -2.33. The van der Waals surface area contributed by atoms with Crippen LogP contribution < -0.4 is 5.32 Å². The lowest BCUT2D eigenvalue weighted by Crippen LogP contribution is -2.45. The van der Waals surface area contributed by atoms with Crippen molar-refractivity contribution >= 4 is 5.91 Å². The number of nitrogens with one attached hydrogen (secondary N) is 1. The third kappa shape index (κ3) is 8.29. The summed E-state index contributed by atoms with van der Waals surface area (Å²) in [6, 6.07) is 1.98. The Balaban J connectivity index is 2.27. The highest BCUT2D eigenvalue weighted by molar-refractivity contribution is 5.97. The highest BCUT2D eigenvalue weighted by Gasteiger charge is 2.16. The maximum absolute atomic E-state index is 12.0. The molecule has 7 heteroatoms. The molecule has 1 rings (SSSR count). The molecule has 0 saturated carbocycles. The van der Waals surface area contributed by atoms with Crippen LogP contribution in [0.25, 0.3) is 0 Å². The second kappa shape index (κ2) is 12.8. The molecule has 0 unspecified atom stereocenters. The van der Waals surface area contributed by atoms with E-state index in [4.69, 9.17) is 9.84 Å². The normalized spacial score (nSPS) is 16.0. The van der Waals surface area contributed by atoms with Gasteiger partial charge in [-0.1, -0.05) is 13.3 Å². The van der Waals surface area contributed by atoms with Crippen LogP contribution in [0.5, 0.6) is 0 Å². The van der Waals surface area contributed by atoms with Gasteiger partial charge in [-0.05, 0) is 12.8 Å². The Labute approximate surface area is 144 Å². The monoisotopic (exact) mass is 338 g/mol. The van der Waals surface area contributed by atoms with E-state index >= 15 is 0 Å². The van der Waals surface area contributed by atoms with Crippen molar-refractivity contribution in [2.75, 3.05) is 59.1 Å². The number of nitrogens with zero attached hydrogens (tertiary/aromatic N) is 3. The molecule has 0 atom stereocenters. The van der Waals surface area contributed by atoms with Gasteiger partial charge in [0, 0.05) is 58.7 Å². The highest BCUT2D eigenvalue weighted by atomic mass is 16.5. The van der Waals surface area contributed by atoms with Crippen molar-refractivity contribution in [1.29, 1.82) is 5.26 Å². The van der Waals surface area contributed by atoms with Crippen LogP contribution in [-0.2, 0) is 9.53 Å². The zero-order valence-corrected chi connectivity index (χ0v) is 14.7. The fraction of sp³-hybridized carbons (Fsp3) is 0.765. The van der Waals surface area contributed by atoms with E-state index < -0.39 is 0 Å². The molecule has 24 heavy (non-hydrogen) atoms. The maximum Gasteiger partial charge on any atom is 0.263 e. The summed E-state index contributed by atoms with van der Waals surface area (Å²) in [4.78, 5) is 16.2. The average Bonchev–Trinajstić information content (AvgIpc) is 2.60. The number of aliphatic hydroxyl groups is 1. The van der Waals surface area contributed by atoms with Crippen LogP contribution in [0.3, 0.4) is 0 Å². The molecule has 2 N–H and O–H groups in total. The minimum absolute atomic E-state index is 0.137. The van der Waals surface area contributed by atoms with Crippen molar-refractivity contribution in [2.24, 2.45) is 0 Å². The number of β-amino-alcohol motifs (C(OH)–C–C–N with tert-alkyl or cyclic N) is 1. The Morgan fingerprint density at radius 1 is 1.29 bits per heavy atom. The second-order valence-electron chi connectivity index (χ2n) is 5.83. The standard InChI is InChI=1S/C17H30N4O3/c1-2-3-12-24-13-4-5-19-17(23)16(14-18)15-21-8-6-20(7-9-21)10-11-22/h15,22H,2-13H2,1H3,(H,19,23)/b16-15-. The molecule has 1 saturated heterocycles. The summed E-state index contributed by atoms with van der Waals surface area (Å²) in [7, 11) is 0. The Morgan fingerprint density at radius 2 is 2.00 bits per heavy atom. The van der Waals surface area contributed by atoms with E-state index in [1.807, 2.05) is 11.0 Å². The smallest absolute Gasteiger partial charge is 0.263 e. The van der Waals surface area contributed by atoms with Crippen molar-refractivity contribution in [1.82, 2.24) is 15.1 Å². The molecule has 1 fully saturated rings. The summed E-state index contributed by atoms with van der Waals surface area (Å²) < 4.78 is 5.43. The van der Waals surface area contributed by atoms with Crippen LogP contribution >= 0.6 is 0 Å². The summed E-state index contributed by atoms with van der Waals surface area (Å²) in [5.74, 6) is -0.330. The number of nitriles is 1. The van der Waals surface area contributed by atoms with E-state index in [2.05, 4.69) is 17.1 Å². The molecule has 136 valence electrons. The van der Waals surface area contributed by atoms with Gasteiger partial charge in [-0.25, -0.2) is 0 Å². The van der Waals surface area contributed by atoms with E-state index in [0.29, 0.717) is 19.7 Å². The van der Waals surface area contributed by atoms with Crippen molar-refractivity contribution in [2.45, 2.75) is 26.2 Å². The molecule has 7 nitrogen and oxygen atoms in total. The number of rotatable bonds is 11. The molecule has 0 aromatic heterocycles. The third-order valence-electron chi connectivity index (χ3n) is 3.89. The molecule has 0 bridgehead atoms. The van der Waals surface area contributed by atoms with Gasteiger partial charge in [0.05, 0.1) is 6.61 Å². The zero-order chi connectivity index (χ0) is 17.6. The van der Waals surface area contributed by atoms with Gasteiger partial charge in [0.2, 0.25) is 0 Å². The molecule has 0 spiro atoms. The van der Waals surface area contributed by atoms with Gasteiger partial charge >= 0.3 is 0 Å². The first-order valence-corrected chi connectivity index (χ1v) is 8.76. The van der Waals surface area contributed by atoms with Gasteiger partial charge in [-0.15, -0.1) is 0 Å². The second-order valence-corrected chi connectivity index (χ2v) is 5.83. The molecule has 0 aliphatic carbocycles. The molecule has 0 radical (unpaired) electrons. The molecular formula is C17H30N4O3. The number of aliphatic hydroxyl groups excluding tert-OH is 1. The van der Waals surface area contributed by atoms with Crippen molar-refractivity contribution in [3.8, 4) is 6.07 Å². The molecule has 1 heterocycles. The third-order valence-corrected chi connectivity index (χ3v) is 3.89. The SMILES string of the molecule is CCCCOCCCNC(=O)/C(C#N)=C\N1CCN(CCO)CC1. The first kappa shape index (κ1) is 20.4. The Bertz CT molecular complexity index is 426. The Morgan fingerprint density at radius 3 is 2.62 bits per heavy atom. The van der Waals surface area contributed by atoms with E-state index in [0.717, 1.165) is 52.0 Å². The summed E-state index contributed by atoms with van der Waals surface area (Å²) in [6.45, 7) is 7.99. The molecule has 0 aromatic carbocycles. The number of ether oxygens (including phenoxy) is 1. The van der Waals surface area contributed by atoms with Gasteiger partial charge in [-0.2, -0.15) is 5.26 Å². The number of unbranched alkanes of at least 4 members (excludes halogenated alkanes) is 1. The Hall–Kier alpha value is -1.62. The maximum atomic E-state index is 12.0. The van der Waals surface area contributed by atoms with E-state index in [1.165, 1.54) is 0 Å². The van der Waals surface area contributed by atoms with Crippen molar-refractivity contribution in [3.63, 3.8) is 0 Å². The van der Waals surface area contributed by atoms with Crippen LogP contribution in [0.15, 0.2) is 11.8 Å². The van der Waals surface area contributed by atoms with Crippen molar-refractivity contribution in [3.05, 3.63) is 11.8 Å². The van der Waals surface area contributed by atoms with Gasteiger partial charge in [0.15, 0.2) is 0 Å². The summed E-state index contributed by atoms with van der Waals surface area (Å²) >= 11 is 0.